The zero-order chi connectivity index (χ0) is 21.9. The number of rotatable bonds is 8. The highest BCUT2D eigenvalue weighted by Crippen LogP contribution is 2.21. The number of nitrogens with zero attached hydrogens (tertiary/aromatic N) is 4. The third-order valence-electron chi connectivity index (χ3n) is 3.56. The van der Waals surface area contributed by atoms with Crippen molar-refractivity contribution in [1.29, 1.82) is 0 Å². The maximum atomic E-state index is 8.93. The van der Waals surface area contributed by atoms with Gasteiger partial charge in [0.05, 0.1) is 17.9 Å². The number of hydrogen-bond donors (Lipinski definition) is 2. The molecule has 162 valence electrons. The molecule has 0 aliphatic carbocycles. The van der Waals surface area contributed by atoms with E-state index in [4.69, 9.17) is 42.7 Å². The second-order valence-electron chi connectivity index (χ2n) is 5.49. The molecule has 30 heavy (non-hydrogen) atoms. The summed E-state index contributed by atoms with van der Waals surface area (Å²) < 4.78 is 19.0. The summed E-state index contributed by atoms with van der Waals surface area (Å²) in [5, 5.41) is 15.8. The van der Waals surface area contributed by atoms with Crippen molar-refractivity contribution < 1.29 is 25.6 Å². The minimum atomic E-state index is -3.04. The summed E-state index contributed by atoms with van der Waals surface area (Å²) in [6.07, 6.45) is 4.09. The zero-order valence-electron chi connectivity index (χ0n) is 15.7. The van der Waals surface area contributed by atoms with Crippen molar-refractivity contribution in [3.63, 3.8) is 0 Å². The van der Waals surface area contributed by atoms with E-state index in [1.54, 1.807) is 4.68 Å². The van der Waals surface area contributed by atoms with Gasteiger partial charge < -0.3 is 14.9 Å². The van der Waals surface area contributed by atoms with Crippen molar-refractivity contribution in [2.75, 3.05) is 18.5 Å². The SMILES string of the molecule is CCc1ncnc(NCCOc2ccn(-c3ccc(Cl)cc3)n2)c1Cl.O=[P+]([O-])OO.[HH]. The molecule has 0 fully saturated rings. The van der Waals surface area contributed by atoms with Crippen LogP contribution < -0.4 is 14.9 Å². The third kappa shape index (κ3) is 7.49. The maximum absolute atomic E-state index is 8.93. The van der Waals surface area contributed by atoms with Crippen molar-refractivity contribution >= 4 is 37.3 Å². The normalized spacial score (nSPS) is 10.8. The summed E-state index contributed by atoms with van der Waals surface area (Å²) in [4.78, 5) is 17.2. The Morgan fingerprint density at radius 1 is 1.27 bits per heavy atom. The van der Waals surface area contributed by atoms with Crippen LogP contribution in [0.4, 0.5) is 5.82 Å². The van der Waals surface area contributed by atoms with E-state index in [-0.39, 0.29) is 1.43 Å². The van der Waals surface area contributed by atoms with E-state index in [2.05, 4.69) is 25.1 Å². The van der Waals surface area contributed by atoms with Crippen LogP contribution in [0.1, 0.15) is 14.0 Å². The molecule has 0 amide bonds. The van der Waals surface area contributed by atoms with Crippen molar-refractivity contribution in [1.82, 2.24) is 19.7 Å². The van der Waals surface area contributed by atoms with Gasteiger partial charge in [0.2, 0.25) is 5.88 Å². The minimum absolute atomic E-state index is 0. The summed E-state index contributed by atoms with van der Waals surface area (Å²) in [6, 6.07) is 9.23. The fourth-order valence-corrected chi connectivity index (χ4v) is 2.65. The van der Waals surface area contributed by atoms with Crippen LogP contribution >= 0.6 is 31.5 Å². The highest BCUT2D eigenvalue weighted by atomic mass is 35.5. The molecular weight excluding hydrogens is 456 g/mol. The highest BCUT2D eigenvalue weighted by Gasteiger charge is 2.07. The molecule has 0 saturated heterocycles. The molecule has 1 unspecified atom stereocenters. The molecule has 0 aliphatic heterocycles. The minimum Gasteiger partial charge on any atom is -0.565 e. The van der Waals surface area contributed by atoms with E-state index in [0.29, 0.717) is 34.9 Å². The molecule has 13 heteroatoms. The van der Waals surface area contributed by atoms with Crippen LogP contribution in [0.15, 0.2) is 42.9 Å². The molecule has 0 spiro atoms. The lowest BCUT2D eigenvalue weighted by Crippen LogP contribution is -2.13. The monoisotopic (exact) mass is 475 g/mol. The molecule has 0 radical (unpaired) electrons. The van der Waals surface area contributed by atoms with Crippen LogP contribution in [0.3, 0.4) is 0 Å². The first-order valence-corrected chi connectivity index (χ1v) is 10.4. The van der Waals surface area contributed by atoms with Crippen LogP contribution in [0.25, 0.3) is 5.69 Å². The van der Waals surface area contributed by atoms with E-state index < -0.39 is 8.25 Å². The molecule has 2 aromatic heterocycles. The number of hydrogen-bond acceptors (Lipinski definition) is 9. The number of aromatic nitrogens is 4. The molecule has 1 aromatic carbocycles. The maximum Gasteiger partial charge on any atom is 0.521 e. The van der Waals surface area contributed by atoms with Gasteiger partial charge in [-0.1, -0.05) is 30.1 Å². The smallest absolute Gasteiger partial charge is 0.521 e. The van der Waals surface area contributed by atoms with Crippen molar-refractivity contribution in [3.8, 4) is 11.6 Å². The molecule has 3 rings (SSSR count). The Balaban J connectivity index is 0.000000721. The van der Waals surface area contributed by atoms with Gasteiger partial charge in [-0.2, -0.15) is 0 Å². The Morgan fingerprint density at radius 2 is 1.97 bits per heavy atom. The van der Waals surface area contributed by atoms with Gasteiger partial charge in [0, 0.05) is 23.4 Å². The van der Waals surface area contributed by atoms with Gasteiger partial charge in [-0.25, -0.2) is 19.9 Å². The third-order valence-corrected chi connectivity index (χ3v) is 4.35. The predicted octanol–water partition coefficient (Wildman–Crippen LogP) is 3.76. The Bertz CT molecular complexity index is 964. The predicted molar refractivity (Wildman–Crippen MR) is 112 cm³/mol. The van der Waals surface area contributed by atoms with Crippen LogP contribution in [0.5, 0.6) is 5.88 Å². The summed E-state index contributed by atoms with van der Waals surface area (Å²) in [6.45, 7) is 2.98. The van der Waals surface area contributed by atoms with Gasteiger partial charge in [-0.05, 0) is 35.3 Å². The quantitative estimate of drug-likeness (QED) is 0.216. The van der Waals surface area contributed by atoms with Gasteiger partial charge in [0.1, 0.15) is 23.8 Å². The van der Waals surface area contributed by atoms with Crippen LogP contribution in [-0.4, -0.2) is 38.2 Å². The average molecular weight is 476 g/mol. The van der Waals surface area contributed by atoms with Crippen molar-refractivity contribution in [3.05, 3.63) is 58.6 Å². The first kappa shape index (κ1) is 23.9. The lowest BCUT2D eigenvalue weighted by atomic mass is 10.3. The Morgan fingerprint density at radius 3 is 2.60 bits per heavy atom. The molecule has 0 aliphatic rings. The Hall–Kier alpha value is -2.33. The molecular formula is C17H20Cl2N5O5P. The van der Waals surface area contributed by atoms with E-state index in [9.17, 15) is 0 Å². The molecule has 3 aromatic rings. The second-order valence-corrected chi connectivity index (χ2v) is 6.92. The second kappa shape index (κ2) is 12.4. The fourth-order valence-electron chi connectivity index (χ4n) is 2.22. The van der Waals surface area contributed by atoms with Gasteiger partial charge >= 0.3 is 8.25 Å². The Kier molecular flexibility index (Phi) is 9.88. The van der Waals surface area contributed by atoms with Gasteiger partial charge in [-0.3, -0.25) is 0 Å². The summed E-state index contributed by atoms with van der Waals surface area (Å²) >= 11 is 12.1. The number of aryl methyl sites for hydroxylation is 1. The van der Waals surface area contributed by atoms with E-state index in [1.807, 2.05) is 43.5 Å². The van der Waals surface area contributed by atoms with Crippen molar-refractivity contribution in [2.24, 2.45) is 0 Å². The van der Waals surface area contributed by atoms with E-state index >= 15 is 0 Å². The van der Waals surface area contributed by atoms with Crippen LogP contribution in [0.2, 0.25) is 10.0 Å². The largest absolute Gasteiger partial charge is 0.565 e. The summed E-state index contributed by atoms with van der Waals surface area (Å²) in [7, 11) is -3.04. The summed E-state index contributed by atoms with van der Waals surface area (Å²) in [5.74, 6) is 1.16. The Labute approximate surface area is 184 Å². The molecule has 0 bridgehead atoms. The fraction of sp³-hybridized carbons (Fsp3) is 0.235. The first-order valence-electron chi connectivity index (χ1n) is 8.58. The van der Waals surface area contributed by atoms with Crippen LogP contribution in [-0.2, 0) is 15.7 Å². The van der Waals surface area contributed by atoms with Crippen LogP contribution in [0, 0.1) is 0 Å². The molecule has 2 N–H and O–H groups in total. The topological polar surface area (TPSA) is 134 Å². The molecule has 10 nitrogen and oxygen atoms in total. The lowest BCUT2D eigenvalue weighted by Gasteiger charge is -2.09. The lowest BCUT2D eigenvalue weighted by molar-refractivity contribution is -0.244. The molecule has 0 saturated carbocycles. The van der Waals surface area contributed by atoms with Crippen molar-refractivity contribution in [2.45, 2.75) is 13.3 Å². The zero-order valence-corrected chi connectivity index (χ0v) is 18.1. The van der Waals surface area contributed by atoms with E-state index in [0.717, 1.165) is 17.8 Å². The van der Waals surface area contributed by atoms with Gasteiger partial charge in [0.15, 0.2) is 0 Å². The molecule has 1 atom stereocenters. The number of benzene rings is 1. The number of anilines is 1. The standard InChI is InChI=1S/C17H17Cl2N5O.HO4P.H2/c1-2-14-16(19)17(22-11-21-14)20-8-10-25-15-7-9-24(23-15)13-5-3-12(18)4-6-13;1-4-5(2)3;/h3-7,9,11H,2,8,10H2,1H3,(H,20,21,22);1H;1H. The molecule has 2 heterocycles. The first-order chi connectivity index (χ1) is 14.4. The van der Waals surface area contributed by atoms with Gasteiger partial charge in [-0.15, -0.1) is 5.10 Å². The van der Waals surface area contributed by atoms with E-state index in [1.165, 1.54) is 6.33 Å². The average Bonchev–Trinajstić information content (AvgIpc) is 3.22. The number of nitrogens with one attached hydrogen (secondary N) is 1. The number of ether oxygens (including phenoxy) is 1. The highest BCUT2D eigenvalue weighted by molar-refractivity contribution is 7.30. The van der Waals surface area contributed by atoms with Gasteiger partial charge in [0.25, 0.3) is 0 Å². The summed E-state index contributed by atoms with van der Waals surface area (Å²) in [5.41, 5.74) is 1.74. The number of halogens is 2.